The number of Topliss-reactive ketones (excluding diaryl/α,β-unsaturated/α-hetero) is 1. The molecule has 2 aliphatic rings. The molecule has 0 fully saturated rings. The number of nitrogens with two attached hydrogens (primary N) is 1. The van der Waals surface area contributed by atoms with Gasteiger partial charge in [0.1, 0.15) is 5.82 Å². The topological polar surface area (TPSA) is 95.9 Å². The quantitative estimate of drug-likeness (QED) is 0.447. The fourth-order valence-corrected chi connectivity index (χ4v) is 7.06. The first-order valence-corrected chi connectivity index (χ1v) is 12.9. The first-order chi connectivity index (χ1) is 15.2. The lowest BCUT2D eigenvalue weighted by atomic mass is 9.68. The molecule has 3 heterocycles. The zero-order valence-electron chi connectivity index (χ0n) is 18.6. The van der Waals surface area contributed by atoms with Gasteiger partial charge in [0.15, 0.2) is 10.1 Å². The van der Waals surface area contributed by atoms with Crippen LogP contribution in [0.2, 0.25) is 0 Å². The maximum absolute atomic E-state index is 13.5. The zero-order valence-corrected chi connectivity index (χ0v) is 21.0. The molecule has 0 saturated heterocycles. The smallest absolute Gasteiger partial charge is 0.219 e. The van der Waals surface area contributed by atoms with Crippen molar-refractivity contribution in [2.24, 2.45) is 11.1 Å². The van der Waals surface area contributed by atoms with Crippen molar-refractivity contribution in [3.63, 3.8) is 0 Å². The molecular weight excluding hydrogens is 458 g/mol. The van der Waals surface area contributed by atoms with Crippen molar-refractivity contribution in [1.82, 2.24) is 10.2 Å². The standard InChI is InChI=1S/C23H25N5OS3/c1-6-7-30-22-27-26-21(32-22)28-16-9-23(4,5)10-17(29)19(16)18(15(11-24)20(28)25)14-8-12(2)31-13(14)3/h6,8,18H,1,7,9-10,25H2,2-5H3. The zero-order chi connectivity index (χ0) is 23.2. The number of aromatic nitrogens is 2. The van der Waals surface area contributed by atoms with Crippen molar-refractivity contribution < 1.29 is 4.79 Å². The summed E-state index contributed by atoms with van der Waals surface area (Å²) < 4.78 is 0.793. The van der Waals surface area contributed by atoms with E-state index >= 15 is 0 Å². The van der Waals surface area contributed by atoms with E-state index in [1.54, 1.807) is 28.0 Å². The van der Waals surface area contributed by atoms with Crippen molar-refractivity contribution in [3.05, 3.63) is 56.7 Å². The van der Waals surface area contributed by atoms with Crippen LogP contribution in [0.3, 0.4) is 0 Å². The second-order valence-electron chi connectivity index (χ2n) is 8.80. The van der Waals surface area contributed by atoms with Crippen LogP contribution in [0.5, 0.6) is 0 Å². The number of aryl methyl sites for hydroxylation is 2. The number of carbonyl (C=O) groups is 1. The molecule has 0 radical (unpaired) electrons. The summed E-state index contributed by atoms with van der Waals surface area (Å²) in [4.78, 5) is 17.6. The predicted octanol–water partition coefficient (Wildman–Crippen LogP) is 5.44. The van der Waals surface area contributed by atoms with Gasteiger partial charge in [-0.25, -0.2) is 0 Å². The minimum Gasteiger partial charge on any atom is -0.384 e. The van der Waals surface area contributed by atoms with Crippen LogP contribution in [0.15, 0.2) is 45.7 Å². The van der Waals surface area contributed by atoms with Crippen molar-refractivity contribution in [2.75, 3.05) is 10.7 Å². The van der Waals surface area contributed by atoms with Crippen molar-refractivity contribution in [1.29, 1.82) is 5.26 Å². The number of nitrogens with zero attached hydrogens (tertiary/aromatic N) is 4. The van der Waals surface area contributed by atoms with E-state index in [1.165, 1.54) is 11.3 Å². The minimum absolute atomic E-state index is 0.0699. The van der Waals surface area contributed by atoms with Gasteiger partial charge in [-0.2, -0.15) is 5.26 Å². The number of allylic oxidation sites excluding steroid dienone is 3. The number of ketones is 1. The van der Waals surface area contributed by atoms with Crippen molar-refractivity contribution in [3.8, 4) is 6.07 Å². The second-order valence-corrected chi connectivity index (χ2v) is 12.5. The van der Waals surface area contributed by atoms with E-state index in [4.69, 9.17) is 5.73 Å². The van der Waals surface area contributed by atoms with Gasteiger partial charge >= 0.3 is 0 Å². The molecule has 9 heteroatoms. The van der Waals surface area contributed by atoms with Crippen LogP contribution in [0.1, 0.15) is 47.9 Å². The Balaban J connectivity index is 1.93. The highest BCUT2D eigenvalue weighted by atomic mass is 32.2. The number of hydrogen-bond donors (Lipinski definition) is 1. The lowest BCUT2D eigenvalue weighted by molar-refractivity contribution is -0.118. The van der Waals surface area contributed by atoms with Crippen LogP contribution in [0, 0.1) is 30.6 Å². The molecular formula is C23H25N5OS3. The van der Waals surface area contributed by atoms with Gasteiger partial charge in [-0.05, 0) is 37.3 Å². The molecule has 2 N–H and O–H groups in total. The normalized spacial score (nSPS) is 20.4. The molecule has 0 bridgehead atoms. The molecule has 1 unspecified atom stereocenters. The Kier molecular flexibility index (Phi) is 6.05. The number of nitriles is 1. The Morgan fingerprint density at radius 3 is 2.75 bits per heavy atom. The summed E-state index contributed by atoms with van der Waals surface area (Å²) in [5, 5.41) is 19.4. The van der Waals surface area contributed by atoms with Gasteiger partial charge in [0.2, 0.25) is 5.13 Å². The number of thiophene rings is 1. The van der Waals surface area contributed by atoms with Crippen LogP contribution in [0.25, 0.3) is 0 Å². The average molecular weight is 484 g/mol. The van der Waals surface area contributed by atoms with Gasteiger partial charge in [-0.1, -0.05) is 43.0 Å². The van der Waals surface area contributed by atoms with Crippen LogP contribution >= 0.6 is 34.4 Å². The third kappa shape index (κ3) is 3.91. The summed E-state index contributed by atoms with van der Waals surface area (Å²) in [6.07, 6.45) is 2.92. The van der Waals surface area contributed by atoms with E-state index in [-0.39, 0.29) is 11.2 Å². The molecule has 0 saturated carbocycles. The van der Waals surface area contributed by atoms with E-state index in [0.717, 1.165) is 31.1 Å². The summed E-state index contributed by atoms with van der Waals surface area (Å²) in [5.74, 6) is 0.686. The fraction of sp³-hybridized carbons (Fsp3) is 0.391. The van der Waals surface area contributed by atoms with E-state index in [1.807, 2.05) is 19.9 Å². The van der Waals surface area contributed by atoms with Crippen molar-refractivity contribution in [2.45, 2.75) is 50.8 Å². The Morgan fingerprint density at radius 2 is 2.12 bits per heavy atom. The Morgan fingerprint density at radius 1 is 1.38 bits per heavy atom. The van der Waals surface area contributed by atoms with E-state index in [2.05, 4.69) is 42.8 Å². The summed E-state index contributed by atoms with van der Waals surface area (Å²) in [5.41, 5.74) is 9.34. The maximum atomic E-state index is 13.5. The third-order valence-electron chi connectivity index (χ3n) is 5.68. The number of anilines is 1. The number of hydrogen-bond acceptors (Lipinski definition) is 9. The minimum atomic E-state index is -0.442. The first kappa shape index (κ1) is 22.8. The first-order valence-electron chi connectivity index (χ1n) is 10.3. The molecule has 0 amide bonds. The Bertz CT molecular complexity index is 1210. The van der Waals surface area contributed by atoms with E-state index in [0.29, 0.717) is 34.9 Å². The molecule has 0 aromatic carbocycles. The SMILES string of the molecule is C=CCSc1nnc(N2C(N)=C(C#N)C(c3cc(C)sc3C)C3=C2CC(C)(C)CC3=O)s1. The van der Waals surface area contributed by atoms with E-state index < -0.39 is 5.92 Å². The molecule has 1 aliphatic heterocycles. The molecule has 1 aliphatic carbocycles. The molecule has 166 valence electrons. The Hall–Kier alpha value is -2.41. The Labute approximate surface area is 200 Å². The molecule has 0 spiro atoms. The molecule has 2 aromatic rings. The van der Waals surface area contributed by atoms with Gasteiger partial charge in [0, 0.05) is 33.2 Å². The lowest BCUT2D eigenvalue weighted by Crippen LogP contribution is -2.42. The van der Waals surface area contributed by atoms with Gasteiger partial charge in [-0.15, -0.1) is 28.1 Å². The van der Waals surface area contributed by atoms with Crippen LogP contribution in [-0.4, -0.2) is 21.7 Å². The second kappa shape index (κ2) is 8.50. The summed E-state index contributed by atoms with van der Waals surface area (Å²) in [6.45, 7) is 12.0. The highest BCUT2D eigenvalue weighted by molar-refractivity contribution is 8.01. The highest BCUT2D eigenvalue weighted by Crippen LogP contribution is 2.51. The monoisotopic (exact) mass is 483 g/mol. The predicted molar refractivity (Wildman–Crippen MR) is 132 cm³/mol. The number of rotatable bonds is 5. The van der Waals surface area contributed by atoms with Gasteiger partial charge in [0.05, 0.1) is 17.6 Å². The van der Waals surface area contributed by atoms with Crippen molar-refractivity contribution >= 4 is 45.4 Å². The fourth-order valence-electron chi connectivity index (χ4n) is 4.46. The van der Waals surface area contributed by atoms with E-state index in [9.17, 15) is 10.1 Å². The largest absolute Gasteiger partial charge is 0.384 e. The molecule has 6 nitrogen and oxygen atoms in total. The maximum Gasteiger partial charge on any atom is 0.219 e. The molecule has 32 heavy (non-hydrogen) atoms. The van der Waals surface area contributed by atoms with Gasteiger partial charge in [0.25, 0.3) is 0 Å². The number of thioether (sulfide) groups is 1. The number of carbonyl (C=O) groups excluding carboxylic acids is 1. The molecule has 1 atom stereocenters. The van der Waals surface area contributed by atoms with Gasteiger partial charge < -0.3 is 5.73 Å². The van der Waals surface area contributed by atoms with Gasteiger partial charge in [-0.3, -0.25) is 9.69 Å². The summed E-state index contributed by atoms with van der Waals surface area (Å²) >= 11 is 4.62. The summed E-state index contributed by atoms with van der Waals surface area (Å²) in [7, 11) is 0. The average Bonchev–Trinajstić information content (AvgIpc) is 3.30. The summed E-state index contributed by atoms with van der Waals surface area (Å²) in [6, 6.07) is 4.40. The molecule has 2 aromatic heterocycles. The molecule has 4 rings (SSSR count). The lowest BCUT2D eigenvalue weighted by Gasteiger charge is -2.42. The highest BCUT2D eigenvalue weighted by Gasteiger charge is 2.46. The third-order valence-corrected chi connectivity index (χ3v) is 8.70. The van der Waals surface area contributed by atoms with Crippen LogP contribution in [0.4, 0.5) is 5.13 Å². The van der Waals surface area contributed by atoms with Crippen LogP contribution in [-0.2, 0) is 4.79 Å². The van der Waals surface area contributed by atoms with Crippen LogP contribution < -0.4 is 10.6 Å².